The van der Waals surface area contributed by atoms with Gasteiger partial charge in [-0.2, -0.15) is 0 Å². The van der Waals surface area contributed by atoms with Gasteiger partial charge < -0.3 is 10.1 Å². The molecule has 0 aliphatic heterocycles. The molecule has 0 atom stereocenters. The highest BCUT2D eigenvalue weighted by molar-refractivity contribution is 7.92. The second-order valence-electron chi connectivity index (χ2n) is 6.24. The van der Waals surface area contributed by atoms with E-state index in [-0.39, 0.29) is 10.5 Å². The molecule has 8 heteroatoms. The molecule has 0 bridgehead atoms. The lowest BCUT2D eigenvalue weighted by atomic mass is 10.1. The van der Waals surface area contributed by atoms with E-state index in [9.17, 15) is 17.6 Å². The van der Waals surface area contributed by atoms with Gasteiger partial charge in [-0.25, -0.2) is 12.8 Å². The van der Waals surface area contributed by atoms with Crippen molar-refractivity contribution in [1.82, 2.24) is 0 Å². The number of amides is 1. The third-order valence-corrected chi connectivity index (χ3v) is 5.60. The van der Waals surface area contributed by atoms with E-state index < -0.39 is 21.7 Å². The molecule has 150 valence electrons. The van der Waals surface area contributed by atoms with Gasteiger partial charge in [0.2, 0.25) is 0 Å². The second-order valence-corrected chi connectivity index (χ2v) is 7.93. The molecule has 0 aliphatic rings. The zero-order valence-corrected chi connectivity index (χ0v) is 16.6. The molecule has 29 heavy (non-hydrogen) atoms. The van der Waals surface area contributed by atoms with E-state index in [0.29, 0.717) is 22.7 Å². The molecular formula is C21H19FN2O4S. The van der Waals surface area contributed by atoms with Gasteiger partial charge in [-0.3, -0.25) is 9.52 Å². The van der Waals surface area contributed by atoms with Crippen LogP contribution in [0.2, 0.25) is 0 Å². The lowest BCUT2D eigenvalue weighted by Gasteiger charge is -2.12. The Kier molecular flexibility index (Phi) is 5.84. The van der Waals surface area contributed by atoms with Crippen molar-refractivity contribution in [2.45, 2.75) is 11.8 Å². The summed E-state index contributed by atoms with van der Waals surface area (Å²) < 4.78 is 46.0. The van der Waals surface area contributed by atoms with Crippen LogP contribution in [0.15, 0.2) is 71.6 Å². The summed E-state index contributed by atoms with van der Waals surface area (Å²) in [5.74, 6) is -0.430. The summed E-state index contributed by atoms with van der Waals surface area (Å²) in [5.41, 5.74) is 1.64. The number of methoxy groups -OCH3 is 1. The van der Waals surface area contributed by atoms with Crippen LogP contribution in [0.3, 0.4) is 0 Å². The molecule has 2 N–H and O–H groups in total. The summed E-state index contributed by atoms with van der Waals surface area (Å²) in [7, 11) is -2.41. The standard InChI is InChI=1S/C21H19FN2O4S/c1-14-13-16(22)9-12-18(14)23-21(25)15-7-10-17(11-8-15)29(26,27)24-19-5-3-4-6-20(19)28-2/h3-13,24H,1-2H3,(H,23,25). The van der Waals surface area contributed by atoms with Gasteiger partial charge in [0.25, 0.3) is 15.9 Å². The first-order chi connectivity index (χ1) is 13.8. The SMILES string of the molecule is COc1ccccc1NS(=O)(=O)c1ccc(C(=O)Nc2ccc(F)cc2C)cc1. The smallest absolute Gasteiger partial charge is 0.262 e. The summed E-state index contributed by atoms with van der Waals surface area (Å²) in [5, 5.41) is 2.68. The maximum atomic E-state index is 13.2. The molecule has 0 heterocycles. The van der Waals surface area contributed by atoms with Gasteiger partial charge in [-0.15, -0.1) is 0 Å². The van der Waals surface area contributed by atoms with Crippen molar-refractivity contribution < 1.29 is 22.3 Å². The number of ether oxygens (including phenoxy) is 1. The molecule has 0 spiro atoms. The number of aryl methyl sites for hydroxylation is 1. The molecule has 0 aromatic heterocycles. The maximum Gasteiger partial charge on any atom is 0.262 e. The van der Waals surface area contributed by atoms with Crippen molar-refractivity contribution in [2.75, 3.05) is 17.1 Å². The van der Waals surface area contributed by atoms with Crippen LogP contribution in [0.1, 0.15) is 15.9 Å². The van der Waals surface area contributed by atoms with Gasteiger partial charge in [0.05, 0.1) is 17.7 Å². The van der Waals surface area contributed by atoms with Crippen molar-refractivity contribution >= 4 is 27.3 Å². The van der Waals surface area contributed by atoms with E-state index in [2.05, 4.69) is 10.0 Å². The van der Waals surface area contributed by atoms with E-state index in [1.165, 1.54) is 49.6 Å². The van der Waals surface area contributed by atoms with Crippen molar-refractivity contribution in [3.05, 3.63) is 83.7 Å². The molecule has 0 aliphatic carbocycles. The minimum absolute atomic E-state index is 0.00193. The first-order valence-electron chi connectivity index (χ1n) is 8.63. The lowest BCUT2D eigenvalue weighted by Crippen LogP contribution is -2.15. The Bertz CT molecular complexity index is 1150. The van der Waals surface area contributed by atoms with Crippen LogP contribution in [0, 0.1) is 12.7 Å². The number of nitrogens with one attached hydrogen (secondary N) is 2. The Morgan fingerprint density at radius 1 is 0.966 bits per heavy atom. The highest BCUT2D eigenvalue weighted by Crippen LogP contribution is 2.26. The fraction of sp³-hybridized carbons (Fsp3) is 0.0952. The predicted molar refractivity (Wildman–Crippen MR) is 109 cm³/mol. The summed E-state index contributed by atoms with van der Waals surface area (Å²) in [6, 6.07) is 16.2. The number of rotatable bonds is 6. The average molecular weight is 414 g/mol. The predicted octanol–water partition coefficient (Wildman–Crippen LogP) is 4.20. The molecule has 0 saturated carbocycles. The highest BCUT2D eigenvalue weighted by atomic mass is 32.2. The normalized spacial score (nSPS) is 11.0. The number of benzene rings is 3. The fourth-order valence-corrected chi connectivity index (χ4v) is 3.75. The third-order valence-electron chi connectivity index (χ3n) is 4.21. The molecule has 3 aromatic carbocycles. The van der Waals surface area contributed by atoms with Crippen molar-refractivity contribution in [1.29, 1.82) is 0 Å². The average Bonchev–Trinajstić information content (AvgIpc) is 2.70. The number of halogens is 1. The molecule has 0 radical (unpaired) electrons. The van der Waals surface area contributed by atoms with Gasteiger partial charge >= 0.3 is 0 Å². The van der Waals surface area contributed by atoms with Crippen LogP contribution >= 0.6 is 0 Å². The fourth-order valence-electron chi connectivity index (χ4n) is 2.68. The van der Waals surface area contributed by atoms with E-state index in [1.807, 2.05) is 0 Å². The number of hydrogen-bond acceptors (Lipinski definition) is 4. The quantitative estimate of drug-likeness (QED) is 0.633. The van der Waals surface area contributed by atoms with Gasteiger partial charge in [0.1, 0.15) is 11.6 Å². The van der Waals surface area contributed by atoms with Gasteiger partial charge in [0, 0.05) is 11.3 Å². The number of carbonyl (C=O) groups is 1. The van der Waals surface area contributed by atoms with Crippen molar-refractivity contribution in [3.8, 4) is 5.75 Å². The largest absolute Gasteiger partial charge is 0.495 e. The van der Waals surface area contributed by atoms with E-state index >= 15 is 0 Å². The Balaban J connectivity index is 1.77. The highest BCUT2D eigenvalue weighted by Gasteiger charge is 2.17. The van der Waals surface area contributed by atoms with Gasteiger partial charge in [-0.05, 0) is 67.1 Å². The second kappa shape index (κ2) is 8.32. The van der Waals surface area contributed by atoms with E-state index in [1.54, 1.807) is 31.2 Å². The van der Waals surface area contributed by atoms with Crippen LogP contribution in [0.4, 0.5) is 15.8 Å². The van der Waals surface area contributed by atoms with Gasteiger partial charge in [0.15, 0.2) is 0 Å². The zero-order valence-electron chi connectivity index (χ0n) is 15.8. The van der Waals surface area contributed by atoms with E-state index in [0.717, 1.165) is 0 Å². The Morgan fingerprint density at radius 2 is 1.66 bits per heavy atom. The first kappa shape index (κ1) is 20.3. The number of carbonyl (C=O) groups excluding carboxylic acids is 1. The summed E-state index contributed by atoms with van der Waals surface area (Å²) in [6.45, 7) is 1.68. The molecule has 3 rings (SSSR count). The topological polar surface area (TPSA) is 84.5 Å². The minimum atomic E-state index is -3.86. The minimum Gasteiger partial charge on any atom is -0.495 e. The van der Waals surface area contributed by atoms with Crippen LogP contribution < -0.4 is 14.8 Å². The maximum absolute atomic E-state index is 13.2. The third kappa shape index (κ3) is 4.72. The summed E-state index contributed by atoms with van der Waals surface area (Å²) >= 11 is 0. The molecular weight excluding hydrogens is 395 g/mol. The van der Waals surface area contributed by atoms with Gasteiger partial charge in [-0.1, -0.05) is 12.1 Å². The summed E-state index contributed by atoms with van der Waals surface area (Å²) in [4.78, 5) is 12.4. The van der Waals surface area contributed by atoms with Crippen molar-refractivity contribution in [2.24, 2.45) is 0 Å². The molecule has 3 aromatic rings. The van der Waals surface area contributed by atoms with Crippen molar-refractivity contribution in [3.63, 3.8) is 0 Å². The van der Waals surface area contributed by atoms with Crippen LogP contribution in [0.25, 0.3) is 0 Å². The molecule has 0 fully saturated rings. The number of anilines is 2. The molecule has 0 saturated heterocycles. The Hall–Kier alpha value is -3.39. The monoisotopic (exact) mass is 414 g/mol. The van der Waals surface area contributed by atoms with E-state index in [4.69, 9.17) is 4.74 Å². The Labute approximate surface area is 168 Å². The van der Waals surface area contributed by atoms with Crippen LogP contribution in [-0.2, 0) is 10.0 Å². The zero-order chi connectivity index (χ0) is 21.0. The number of sulfonamides is 1. The molecule has 1 amide bonds. The van der Waals surface area contributed by atoms with Crippen LogP contribution in [-0.4, -0.2) is 21.4 Å². The number of hydrogen-bond donors (Lipinski definition) is 2. The van der Waals surface area contributed by atoms with Crippen LogP contribution in [0.5, 0.6) is 5.75 Å². The molecule has 6 nitrogen and oxygen atoms in total. The Morgan fingerprint density at radius 3 is 2.31 bits per heavy atom. The first-order valence-corrected chi connectivity index (χ1v) is 10.1. The molecule has 0 unspecified atom stereocenters. The summed E-state index contributed by atoms with van der Waals surface area (Å²) in [6.07, 6.45) is 0. The lowest BCUT2D eigenvalue weighted by molar-refractivity contribution is 0.102. The number of para-hydroxylation sites is 2.